The third-order valence-electron chi connectivity index (χ3n) is 3.33. The summed E-state index contributed by atoms with van der Waals surface area (Å²) in [4.78, 5) is 11.7. The van der Waals surface area contributed by atoms with Crippen molar-refractivity contribution in [2.45, 2.75) is 31.7 Å². The van der Waals surface area contributed by atoms with Crippen molar-refractivity contribution in [2.24, 2.45) is 0 Å². The van der Waals surface area contributed by atoms with E-state index in [2.05, 4.69) is 10.6 Å². The van der Waals surface area contributed by atoms with E-state index in [9.17, 15) is 9.18 Å². The SMILES string of the molecule is O=C(CCCOc1ccc(F)cc1)NC1CCNCC1. The number of ether oxygens (including phenoxy) is 1. The van der Waals surface area contributed by atoms with Gasteiger partial charge in [-0.05, 0) is 56.6 Å². The predicted molar refractivity (Wildman–Crippen MR) is 75.2 cm³/mol. The van der Waals surface area contributed by atoms with Crippen LogP contribution in [0.2, 0.25) is 0 Å². The van der Waals surface area contributed by atoms with Crippen LogP contribution in [-0.4, -0.2) is 31.6 Å². The molecule has 1 aromatic rings. The standard InChI is InChI=1S/C15H21FN2O2/c16-12-3-5-14(6-4-12)20-11-1-2-15(19)18-13-7-9-17-10-8-13/h3-6,13,17H,1-2,7-11H2,(H,18,19). The molecular formula is C15H21FN2O2. The molecule has 1 aromatic carbocycles. The highest BCUT2D eigenvalue weighted by Crippen LogP contribution is 2.11. The van der Waals surface area contributed by atoms with Crippen LogP contribution >= 0.6 is 0 Å². The van der Waals surface area contributed by atoms with Gasteiger partial charge in [-0.3, -0.25) is 4.79 Å². The third-order valence-corrected chi connectivity index (χ3v) is 3.33. The molecule has 5 heteroatoms. The Morgan fingerprint density at radius 3 is 2.70 bits per heavy atom. The molecule has 0 aromatic heterocycles. The molecule has 1 aliphatic heterocycles. The summed E-state index contributed by atoms with van der Waals surface area (Å²) in [6.45, 7) is 2.41. The van der Waals surface area contributed by atoms with Crippen LogP contribution in [0.25, 0.3) is 0 Å². The molecule has 1 fully saturated rings. The van der Waals surface area contributed by atoms with E-state index >= 15 is 0 Å². The minimum absolute atomic E-state index is 0.0830. The lowest BCUT2D eigenvalue weighted by Crippen LogP contribution is -2.42. The van der Waals surface area contributed by atoms with Crippen molar-refractivity contribution in [3.05, 3.63) is 30.1 Å². The van der Waals surface area contributed by atoms with Crippen molar-refractivity contribution in [1.29, 1.82) is 0 Å². The molecule has 0 spiro atoms. The number of benzene rings is 1. The maximum Gasteiger partial charge on any atom is 0.220 e. The van der Waals surface area contributed by atoms with Crippen molar-refractivity contribution in [3.63, 3.8) is 0 Å². The number of hydrogen-bond acceptors (Lipinski definition) is 3. The van der Waals surface area contributed by atoms with Crippen LogP contribution in [-0.2, 0) is 4.79 Å². The van der Waals surface area contributed by atoms with Gasteiger partial charge < -0.3 is 15.4 Å². The molecule has 0 aliphatic carbocycles. The second kappa shape index (κ2) is 7.85. The Morgan fingerprint density at radius 2 is 2.00 bits per heavy atom. The first-order valence-electron chi connectivity index (χ1n) is 7.12. The van der Waals surface area contributed by atoms with E-state index in [1.54, 1.807) is 12.1 Å². The van der Waals surface area contributed by atoms with Gasteiger partial charge in [0.15, 0.2) is 0 Å². The minimum Gasteiger partial charge on any atom is -0.494 e. The van der Waals surface area contributed by atoms with Gasteiger partial charge in [0.05, 0.1) is 6.61 Å². The fraction of sp³-hybridized carbons (Fsp3) is 0.533. The van der Waals surface area contributed by atoms with Crippen molar-refractivity contribution in [1.82, 2.24) is 10.6 Å². The zero-order chi connectivity index (χ0) is 14.2. The summed E-state index contributed by atoms with van der Waals surface area (Å²) in [7, 11) is 0. The van der Waals surface area contributed by atoms with Gasteiger partial charge in [0, 0.05) is 12.5 Å². The molecule has 2 rings (SSSR count). The third kappa shape index (κ3) is 5.17. The molecule has 0 saturated carbocycles. The van der Waals surface area contributed by atoms with Gasteiger partial charge in [-0.15, -0.1) is 0 Å². The van der Waals surface area contributed by atoms with E-state index in [0.717, 1.165) is 25.9 Å². The summed E-state index contributed by atoms with van der Waals surface area (Å²) >= 11 is 0. The number of carbonyl (C=O) groups excluding carboxylic acids is 1. The molecule has 0 atom stereocenters. The number of amides is 1. The highest BCUT2D eigenvalue weighted by atomic mass is 19.1. The predicted octanol–water partition coefficient (Wildman–Crippen LogP) is 1.85. The van der Waals surface area contributed by atoms with E-state index in [1.165, 1.54) is 12.1 Å². The lowest BCUT2D eigenvalue weighted by molar-refractivity contribution is -0.122. The zero-order valence-electron chi connectivity index (χ0n) is 11.5. The maximum atomic E-state index is 12.7. The second-order valence-electron chi connectivity index (χ2n) is 5.00. The van der Waals surface area contributed by atoms with Crippen LogP contribution in [0.1, 0.15) is 25.7 Å². The summed E-state index contributed by atoms with van der Waals surface area (Å²) in [6.07, 6.45) is 3.12. The van der Waals surface area contributed by atoms with Crippen LogP contribution in [0.4, 0.5) is 4.39 Å². The first-order chi connectivity index (χ1) is 9.74. The molecule has 0 bridgehead atoms. The van der Waals surface area contributed by atoms with Crippen molar-refractivity contribution >= 4 is 5.91 Å². The summed E-state index contributed by atoms with van der Waals surface area (Å²) in [5.41, 5.74) is 0. The molecule has 1 aliphatic rings. The van der Waals surface area contributed by atoms with Gasteiger partial charge in [0.2, 0.25) is 5.91 Å². The number of nitrogens with one attached hydrogen (secondary N) is 2. The highest BCUT2D eigenvalue weighted by molar-refractivity contribution is 5.76. The van der Waals surface area contributed by atoms with Crippen LogP contribution < -0.4 is 15.4 Å². The summed E-state index contributed by atoms with van der Waals surface area (Å²) in [5.74, 6) is 0.434. The topological polar surface area (TPSA) is 50.4 Å². The van der Waals surface area contributed by atoms with E-state index in [-0.39, 0.29) is 11.7 Å². The van der Waals surface area contributed by atoms with E-state index in [4.69, 9.17) is 4.74 Å². The number of rotatable bonds is 6. The molecule has 4 nitrogen and oxygen atoms in total. The van der Waals surface area contributed by atoms with Crippen molar-refractivity contribution in [2.75, 3.05) is 19.7 Å². The Balaban J connectivity index is 1.58. The van der Waals surface area contributed by atoms with Gasteiger partial charge in [-0.25, -0.2) is 4.39 Å². The molecule has 0 unspecified atom stereocenters. The van der Waals surface area contributed by atoms with Gasteiger partial charge in [0.1, 0.15) is 11.6 Å². The van der Waals surface area contributed by atoms with Crippen LogP contribution in [0.3, 0.4) is 0 Å². The normalized spacial score (nSPS) is 15.8. The van der Waals surface area contributed by atoms with Crippen LogP contribution in [0, 0.1) is 5.82 Å². The molecule has 110 valence electrons. The van der Waals surface area contributed by atoms with Gasteiger partial charge in [-0.1, -0.05) is 0 Å². The number of halogens is 1. The number of hydrogen-bond donors (Lipinski definition) is 2. The Bertz CT molecular complexity index is 416. The smallest absolute Gasteiger partial charge is 0.220 e. The van der Waals surface area contributed by atoms with E-state index in [1.807, 2.05) is 0 Å². The monoisotopic (exact) mass is 280 g/mol. The highest BCUT2D eigenvalue weighted by Gasteiger charge is 2.14. The fourth-order valence-corrected chi connectivity index (χ4v) is 2.22. The van der Waals surface area contributed by atoms with Crippen LogP contribution in [0.15, 0.2) is 24.3 Å². The summed E-state index contributed by atoms with van der Waals surface area (Å²) in [5, 5.41) is 6.31. The van der Waals surface area contributed by atoms with E-state index < -0.39 is 0 Å². The lowest BCUT2D eigenvalue weighted by Gasteiger charge is -2.23. The Hall–Kier alpha value is -1.62. The summed E-state index contributed by atoms with van der Waals surface area (Å²) in [6, 6.07) is 6.20. The summed E-state index contributed by atoms with van der Waals surface area (Å²) < 4.78 is 18.1. The minimum atomic E-state index is -0.279. The fourth-order valence-electron chi connectivity index (χ4n) is 2.22. The lowest BCUT2D eigenvalue weighted by atomic mass is 10.1. The average molecular weight is 280 g/mol. The largest absolute Gasteiger partial charge is 0.494 e. The molecule has 20 heavy (non-hydrogen) atoms. The first-order valence-corrected chi connectivity index (χ1v) is 7.12. The van der Waals surface area contributed by atoms with Crippen molar-refractivity contribution < 1.29 is 13.9 Å². The molecule has 1 saturated heterocycles. The quantitative estimate of drug-likeness (QED) is 0.782. The Morgan fingerprint density at radius 1 is 1.30 bits per heavy atom. The molecule has 0 radical (unpaired) electrons. The number of carbonyl (C=O) groups is 1. The molecule has 2 N–H and O–H groups in total. The molecule has 1 heterocycles. The zero-order valence-corrected chi connectivity index (χ0v) is 11.5. The molecular weight excluding hydrogens is 259 g/mol. The molecule has 1 amide bonds. The van der Waals surface area contributed by atoms with Crippen LogP contribution in [0.5, 0.6) is 5.75 Å². The number of piperidine rings is 1. The first kappa shape index (κ1) is 14.8. The van der Waals surface area contributed by atoms with Crippen molar-refractivity contribution in [3.8, 4) is 5.75 Å². The van der Waals surface area contributed by atoms with Gasteiger partial charge >= 0.3 is 0 Å². The Labute approximate surface area is 118 Å². The maximum absolute atomic E-state index is 12.7. The second-order valence-corrected chi connectivity index (χ2v) is 5.00. The van der Waals surface area contributed by atoms with Gasteiger partial charge in [0.25, 0.3) is 0 Å². The average Bonchev–Trinajstić information content (AvgIpc) is 2.46. The Kier molecular flexibility index (Phi) is 5.80. The van der Waals surface area contributed by atoms with Gasteiger partial charge in [-0.2, -0.15) is 0 Å². The van der Waals surface area contributed by atoms with E-state index in [0.29, 0.717) is 31.2 Å².